The number of aliphatic hydroxyl groups excluding tert-OH is 1. The molecule has 2 aliphatic rings. The number of hydrogen-bond acceptors (Lipinski definition) is 8. The number of carboxylic acids is 1. The highest BCUT2D eigenvalue weighted by Gasteiger charge is 2.39. The molecule has 0 bridgehead atoms. The molecule has 1 saturated heterocycles. The van der Waals surface area contributed by atoms with E-state index in [1.807, 2.05) is 55.5 Å². The predicted molar refractivity (Wildman–Crippen MR) is 162 cm³/mol. The van der Waals surface area contributed by atoms with Gasteiger partial charge in [-0.05, 0) is 41.0 Å². The highest BCUT2D eigenvalue weighted by atomic mass is 32.2. The van der Waals surface area contributed by atoms with Gasteiger partial charge in [0.05, 0.1) is 42.0 Å². The molecule has 2 N–H and O–H groups in total. The van der Waals surface area contributed by atoms with Crippen LogP contribution in [0.5, 0.6) is 0 Å². The molecule has 1 fully saturated rings. The first-order chi connectivity index (χ1) is 21.3. The van der Waals surface area contributed by atoms with Gasteiger partial charge in [0.25, 0.3) is 11.8 Å². The lowest BCUT2D eigenvalue weighted by atomic mass is 9.91. The lowest BCUT2D eigenvalue weighted by Gasteiger charge is -2.41. The molecule has 9 nitrogen and oxygen atoms in total. The standard InChI is InChI=1S/C34H30N2O7S/c1-20-28(19-44-30-27(33(40)41)7-4-16-35-30)42-34(43-29(20)23-12-10-22(18-37)11-13-23)24-14-8-21(9-15-24)17-36-31(38)25-5-2-3-6-26(25)32(36)39/h2-16,20,28-29,34,37H,17-19H2,1H3,(H,40,41)/t20-,28+,29+,34+/m0/s1. The molecule has 6 rings (SSSR count). The van der Waals surface area contributed by atoms with E-state index in [2.05, 4.69) is 4.98 Å². The fraction of sp³-hybridized carbons (Fsp3) is 0.235. The van der Waals surface area contributed by atoms with Gasteiger partial charge >= 0.3 is 5.97 Å². The van der Waals surface area contributed by atoms with E-state index < -0.39 is 12.3 Å². The van der Waals surface area contributed by atoms with Crippen molar-refractivity contribution in [2.75, 3.05) is 5.75 Å². The van der Waals surface area contributed by atoms with Crippen molar-refractivity contribution < 1.29 is 34.1 Å². The molecule has 10 heteroatoms. The SMILES string of the molecule is C[C@H]1[C@@H](CSc2ncccc2C(=O)O)O[C@@H](c2ccc(CN3C(=O)c4ccccc4C3=O)cc2)O[C@H]1c1ccc(CO)cc1. The Morgan fingerprint density at radius 2 is 1.50 bits per heavy atom. The van der Waals surface area contributed by atoms with Crippen LogP contribution in [0.1, 0.15) is 72.6 Å². The Bertz CT molecular complexity index is 1660. The number of rotatable bonds is 9. The molecular weight excluding hydrogens is 580 g/mol. The molecule has 224 valence electrons. The molecule has 0 unspecified atom stereocenters. The normalized spacial score (nSPS) is 21.4. The quantitative estimate of drug-likeness (QED) is 0.183. The van der Waals surface area contributed by atoms with Gasteiger partial charge in [-0.1, -0.05) is 67.6 Å². The summed E-state index contributed by atoms with van der Waals surface area (Å²) >= 11 is 1.33. The van der Waals surface area contributed by atoms with E-state index in [1.54, 1.807) is 36.5 Å². The van der Waals surface area contributed by atoms with E-state index in [0.717, 1.165) is 22.3 Å². The van der Waals surface area contributed by atoms with Crippen molar-refractivity contribution in [1.82, 2.24) is 9.88 Å². The zero-order valence-corrected chi connectivity index (χ0v) is 24.6. The number of hydrogen-bond donors (Lipinski definition) is 2. The molecule has 1 aromatic heterocycles. The summed E-state index contributed by atoms with van der Waals surface area (Å²) in [4.78, 5) is 42.9. The van der Waals surface area contributed by atoms with Crippen LogP contribution in [-0.4, -0.2) is 49.7 Å². The summed E-state index contributed by atoms with van der Waals surface area (Å²) in [5.41, 5.74) is 4.24. The average Bonchev–Trinajstić information content (AvgIpc) is 3.29. The van der Waals surface area contributed by atoms with Crippen LogP contribution in [0.15, 0.2) is 96.2 Å². The number of carbonyl (C=O) groups excluding carboxylic acids is 2. The number of pyridine rings is 1. The molecular formula is C34H30N2O7S. The van der Waals surface area contributed by atoms with Gasteiger partial charge in [0, 0.05) is 23.4 Å². The van der Waals surface area contributed by atoms with Crippen molar-refractivity contribution in [2.45, 2.75) is 43.6 Å². The van der Waals surface area contributed by atoms with Crippen LogP contribution in [0.3, 0.4) is 0 Å². The summed E-state index contributed by atoms with van der Waals surface area (Å²) in [5.74, 6) is -1.30. The zero-order valence-electron chi connectivity index (χ0n) is 23.8. The first kappa shape index (κ1) is 29.7. The van der Waals surface area contributed by atoms with Gasteiger partial charge in [0.2, 0.25) is 0 Å². The van der Waals surface area contributed by atoms with Gasteiger partial charge in [0.1, 0.15) is 5.03 Å². The van der Waals surface area contributed by atoms with E-state index >= 15 is 0 Å². The summed E-state index contributed by atoms with van der Waals surface area (Å²) in [6.07, 6.45) is 0.187. The second kappa shape index (κ2) is 12.7. The number of aliphatic hydroxyl groups is 1. The number of aromatic carboxylic acids is 1. The Hall–Kier alpha value is -4.35. The van der Waals surface area contributed by atoms with Gasteiger partial charge in [-0.2, -0.15) is 0 Å². The van der Waals surface area contributed by atoms with Crippen LogP contribution < -0.4 is 0 Å². The summed E-state index contributed by atoms with van der Waals surface area (Å²) in [6, 6.07) is 25.0. The number of nitrogens with zero attached hydrogens (tertiary/aromatic N) is 2. The van der Waals surface area contributed by atoms with E-state index in [-0.39, 0.29) is 48.7 Å². The van der Waals surface area contributed by atoms with Crippen molar-refractivity contribution in [3.8, 4) is 0 Å². The van der Waals surface area contributed by atoms with Crippen molar-refractivity contribution in [2.24, 2.45) is 5.92 Å². The number of amides is 2. The maximum Gasteiger partial charge on any atom is 0.338 e. The van der Waals surface area contributed by atoms with Crippen LogP contribution in [0.2, 0.25) is 0 Å². The van der Waals surface area contributed by atoms with Gasteiger partial charge < -0.3 is 19.7 Å². The Morgan fingerprint density at radius 1 is 0.864 bits per heavy atom. The van der Waals surface area contributed by atoms with E-state index in [9.17, 15) is 24.6 Å². The zero-order chi connectivity index (χ0) is 30.8. The monoisotopic (exact) mass is 610 g/mol. The minimum absolute atomic E-state index is 0.0601. The number of imide groups is 1. The molecule has 3 aromatic carbocycles. The third-order valence-electron chi connectivity index (χ3n) is 7.98. The second-order valence-electron chi connectivity index (χ2n) is 10.8. The average molecular weight is 611 g/mol. The second-order valence-corrected chi connectivity index (χ2v) is 11.8. The summed E-state index contributed by atoms with van der Waals surface area (Å²) in [5, 5.41) is 19.5. The lowest BCUT2D eigenvalue weighted by Crippen LogP contribution is -2.38. The highest BCUT2D eigenvalue weighted by molar-refractivity contribution is 7.99. The Morgan fingerprint density at radius 3 is 2.14 bits per heavy atom. The number of carboxylic acid groups (broad SMARTS) is 1. The van der Waals surface area contributed by atoms with Gasteiger partial charge in [0.15, 0.2) is 6.29 Å². The maximum atomic E-state index is 12.8. The molecule has 0 aliphatic carbocycles. The third kappa shape index (κ3) is 5.89. The number of aromatic nitrogens is 1. The first-order valence-electron chi connectivity index (χ1n) is 14.2. The van der Waals surface area contributed by atoms with Gasteiger partial charge in [-0.25, -0.2) is 9.78 Å². The fourth-order valence-corrected chi connectivity index (χ4v) is 6.64. The molecule has 0 radical (unpaired) electrons. The van der Waals surface area contributed by atoms with Crippen LogP contribution >= 0.6 is 11.8 Å². The molecule has 0 saturated carbocycles. The van der Waals surface area contributed by atoms with Crippen LogP contribution in [0.4, 0.5) is 0 Å². The molecule has 2 aliphatic heterocycles. The molecule has 2 amide bonds. The smallest absolute Gasteiger partial charge is 0.338 e. The number of benzene rings is 3. The summed E-state index contributed by atoms with van der Waals surface area (Å²) in [7, 11) is 0. The highest BCUT2D eigenvalue weighted by Crippen LogP contribution is 2.43. The van der Waals surface area contributed by atoms with Crippen LogP contribution in [0, 0.1) is 5.92 Å². The summed E-state index contributed by atoms with van der Waals surface area (Å²) in [6.45, 7) is 2.12. The first-order valence-corrected chi connectivity index (χ1v) is 15.2. The number of thioether (sulfide) groups is 1. The Balaban J connectivity index is 1.22. The fourth-order valence-electron chi connectivity index (χ4n) is 5.49. The third-order valence-corrected chi connectivity index (χ3v) is 9.07. The topological polar surface area (TPSA) is 126 Å². The molecule has 0 spiro atoms. The molecule has 44 heavy (non-hydrogen) atoms. The maximum absolute atomic E-state index is 12.8. The van der Waals surface area contributed by atoms with Gasteiger partial charge in [-0.15, -0.1) is 11.8 Å². The number of carbonyl (C=O) groups is 3. The van der Waals surface area contributed by atoms with Crippen molar-refractivity contribution in [3.63, 3.8) is 0 Å². The van der Waals surface area contributed by atoms with E-state index in [0.29, 0.717) is 21.9 Å². The van der Waals surface area contributed by atoms with Crippen LogP contribution in [-0.2, 0) is 22.6 Å². The predicted octanol–water partition coefficient (Wildman–Crippen LogP) is 5.65. The minimum atomic E-state index is -1.04. The lowest BCUT2D eigenvalue weighted by molar-refractivity contribution is -0.268. The van der Waals surface area contributed by atoms with Crippen molar-refractivity contribution in [3.05, 3.63) is 130 Å². The molecule has 4 aromatic rings. The number of ether oxygens (including phenoxy) is 2. The Kier molecular flexibility index (Phi) is 8.58. The largest absolute Gasteiger partial charge is 0.478 e. The van der Waals surface area contributed by atoms with Crippen molar-refractivity contribution in [1.29, 1.82) is 0 Å². The van der Waals surface area contributed by atoms with E-state index in [4.69, 9.17) is 9.47 Å². The van der Waals surface area contributed by atoms with Gasteiger partial charge in [-0.3, -0.25) is 14.5 Å². The minimum Gasteiger partial charge on any atom is -0.478 e. The molecule has 4 atom stereocenters. The molecule has 3 heterocycles. The van der Waals surface area contributed by atoms with E-state index in [1.165, 1.54) is 22.7 Å². The van der Waals surface area contributed by atoms with Crippen LogP contribution in [0.25, 0.3) is 0 Å². The number of fused-ring (bicyclic) bond motifs is 1. The summed E-state index contributed by atoms with van der Waals surface area (Å²) < 4.78 is 13.0. The Labute approximate surface area is 258 Å². The van der Waals surface area contributed by atoms with Crippen molar-refractivity contribution >= 4 is 29.5 Å².